The van der Waals surface area contributed by atoms with Gasteiger partial charge in [0.2, 0.25) is 10.0 Å². The Balaban J connectivity index is 1.97. The van der Waals surface area contributed by atoms with Crippen LogP contribution in [-0.2, 0) is 26.2 Å². The van der Waals surface area contributed by atoms with Gasteiger partial charge in [-0.25, -0.2) is 13.2 Å². The monoisotopic (exact) mass is 395 g/mol. The number of pyridine rings is 1. The molecule has 9 nitrogen and oxygen atoms in total. The number of nitrogens with two attached hydrogens (primary N) is 1. The van der Waals surface area contributed by atoms with E-state index in [9.17, 15) is 18.0 Å². The highest BCUT2D eigenvalue weighted by Gasteiger charge is 2.32. The first-order valence-electron chi connectivity index (χ1n) is 8.52. The Morgan fingerprint density at radius 2 is 2.04 bits per heavy atom. The van der Waals surface area contributed by atoms with Crippen LogP contribution < -0.4 is 11.3 Å². The minimum absolute atomic E-state index is 0.0599. The molecule has 0 saturated carbocycles. The molecule has 3 rings (SSSR count). The summed E-state index contributed by atoms with van der Waals surface area (Å²) in [6, 6.07) is 5.86. The molecule has 2 N–H and O–H groups in total. The molecule has 2 heterocycles. The average molecular weight is 395 g/mol. The number of nitrogens with zero attached hydrogens (tertiary/aromatic N) is 2. The summed E-state index contributed by atoms with van der Waals surface area (Å²) in [5.74, 6) is 0. The summed E-state index contributed by atoms with van der Waals surface area (Å²) in [6.45, 7) is 2.07. The normalized spacial score (nSPS) is 17.9. The minimum Gasteiger partial charge on any atom is -0.435 e. The topological polar surface area (TPSA) is 121 Å². The molecule has 1 atom stereocenters. The van der Waals surface area contributed by atoms with E-state index in [-0.39, 0.29) is 36.2 Å². The van der Waals surface area contributed by atoms with Crippen LogP contribution in [0.2, 0.25) is 0 Å². The maximum Gasteiger partial charge on any atom is 0.510 e. The number of aromatic nitrogens is 1. The van der Waals surface area contributed by atoms with E-state index in [4.69, 9.17) is 10.5 Å². The number of hydrogen-bond acceptors (Lipinski definition) is 7. The molecule has 0 aliphatic carbocycles. The lowest BCUT2D eigenvalue weighted by Gasteiger charge is -2.17. The fourth-order valence-corrected chi connectivity index (χ4v) is 4.73. The van der Waals surface area contributed by atoms with Crippen LogP contribution in [0.25, 0.3) is 10.8 Å². The van der Waals surface area contributed by atoms with Crippen LogP contribution >= 0.6 is 0 Å². The Bertz CT molecular complexity index is 1020. The molecule has 1 aliphatic heterocycles. The van der Waals surface area contributed by atoms with E-state index in [1.54, 1.807) is 6.92 Å². The largest absolute Gasteiger partial charge is 0.510 e. The third-order valence-corrected chi connectivity index (χ3v) is 6.29. The highest BCUT2D eigenvalue weighted by molar-refractivity contribution is 7.89. The van der Waals surface area contributed by atoms with E-state index in [1.165, 1.54) is 39.3 Å². The molecule has 1 fully saturated rings. The lowest BCUT2D eigenvalue weighted by atomic mass is 10.2. The fraction of sp³-hybridized carbons (Fsp3) is 0.412. The molecule has 0 amide bonds. The Morgan fingerprint density at radius 3 is 2.70 bits per heavy atom. The van der Waals surface area contributed by atoms with Gasteiger partial charge in [-0.15, -0.1) is 0 Å². The number of hydrogen-bond donors (Lipinski definition) is 1. The van der Waals surface area contributed by atoms with Crippen LogP contribution in [-0.4, -0.2) is 49.2 Å². The van der Waals surface area contributed by atoms with E-state index >= 15 is 0 Å². The Morgan fingerprint density at radius 1 is 1.26 bits per heavy atom. The molecule has 146 valence electrons. The molecule has 1 aliphatic rings. The molecule has 1 aromatic heterocycles. The van der Waals surface area contributed by atoms with E-state index in [0.717, 1.165) is 0 Å². The lowest BCUT2D eigenvalue weighted by molar-refractivity contribution is 0.0362. The molecule has 10 heteroatoms. The van der Waals surface area contributed by atoms with Gasteiger partial charge in [0.05, 0.1) is 11.5 Å². The molecular weight excluding hydrogens is 374 g/mol. The second-order valence-electron chi connectivity index (χ2n) is 6.18. The average Bonchev–Trinajstić information content (AvgIpc) is 3.08. The molecule has 2 aromatic rings. The number of ether oxygens (including phenoxy) is 2. The third kappa shape index (κ3) is 3.82. The van der Waals surface area contributed by atoms with Gasteiger partial charge in [0.1, 0.15) is 0 Å². The van der Waals surface area contributed by atoms with Crippen LogP contribution in [0.15, 0.2) is 40.2 Å². The van der Waals surface area contributed by atoms with Gasteiger partial charge < -0.3 is 15.2 Å². The van der Waals surface area contributed by atoms with Crippen LogP contribution in [0.1, 0.15) is 13.3 Å². The summed E-state index contributed by atoms with van der Waals surface area (Å²) in [5, 5.41) is 0.532. The lowest BCUT2D eigenvalue weighted by Crippen LogP contribution is -2.32. The quantitative estimate of drug-likeness (QED) is 0.745. The van der Waals surface area contributed by atoms with Crippen LogP contribution in [0, 0.1) is 0 Å². The van der Waals surface area contributed by atoms with Crippen LogP contribution in [0.3, 0.4) is 0 Å². The van der Waals surface area contributed by atoms with E-state index < -0.39 is 21.7 Å². The van der Waals surface area contributed by atoms with E-state index in [1.807, 2.05) is 0 Å². The van der Waals surface area contributed by atoms with Gasteiger partial charge in [-0.1, -0.05) is 6.07 Å². The molecule has 27 heavy (non-hydrogen) atoms. The highest BCUT2D eigenvalue weighted by Crippen LogP contribution is 2.26. The van der Waals surface area contributed by atoms with Crippen molar-refractivity contribution in [1.29, 1.82) is 0 Å². The molecule has 0 bridgehead atoms. The van der Waals surface area contributed by atoms with Gasteiger partial charge in [-0.2, -0.15) is 4.31 Å². The number of carbonyl (C=O) groups excluding carboxylic acids is 1. The van der Waals surface area contributed by atoms with Crippen molar-refractivity contribution in [2.24, 2.45) is 5.73 Å². The molecule has 1 saturated heterocycles. The molecule has 0 spiro atoms. The summed E-state index contributed by atoms with van der Waals surface area (Å²) in [5.41, 5.74) is 5.36. The molecule has 0 radical (unpaired) electrons. The van der Waals surface area contributed by atoms with Crippen LogP contribution in [0.4, 0.5) is 4.79 Å². The van der Waals surface area contributed by atoms with E-state index in [2.05, 4.69) is 4.74 Å². The van der Waals surface area contributed by atoms with Gasteiger partial charge in [-0.05, 0) is 31.5 Å². The second kappa shape index (κ2) is 7.67. The number of sulfonamides is 1. The van der Waals surface area contributed by atoms with Crippen molar-refractivity contribution in [2.45, 2.75) is 31.0 Å². The van der Waals surface area contributed by atoms with Gasteiger partial charge in [0.15, 0.2) is 6.73 Å². The maximum atomic E-state index is 13.0. The Hall–Kier alpha value is -2.43. The van der Waals surface area contributed by atoms with Gasteiger partial charge >= 0.3 is 6.16 Å². The first-order valence-corrected chi connectivity index (χ1v) is 9.96. The zero-order chi connectivity index (χ0) is 19.6. The summed E-state index contributed by atoms with van der Waals surface area (Å²) in [7, 11) is -3.76. The van der Waals surface area contributed by atoms with Crippen molar-refractivity contribution in [3.63, 3.8) is 0 Å². The van der Waals surface area contributed by atoms with Crippen molar-refractivity contribution >= 4 is 27.0 Å². The number of fused-ring (bicyclic) bond motifs is 1. The van der Waals surface area contributed by atoms with E-state index in [0.29, 0.717) is 18.4 Å². The second-order valence-corrected chi connectivity index (χ2v) is 8.08. The van der Waals surface area contributed by atoms with Crippen molar-refractivity contribution in [2.75, 3.05) is 19.7 Å². The maximum absolute atomic E-state index is 13.0. The molecule has 1 aromatic carbocycles. The Labute approximate surface area is 156 Å². The van der Waals surface area contributed by atoms with Crippen molar-refractivity contribution < 1.29 is 22.7 Å². The van der Waals surface area contributed by atoms with Gasteiger partial charge in [-0.3, -0.25) is 9.36 Å². The highest BCUT2D eigenvalue weighted by atomic mass is 32.2. The number of carbonyl (C=O) groups is 1. The van der Waals surface area contributed by atoms with Crippen LogP contribution in [0.5, 0.6) is 0 Å². The summed E-state index contributed by atoms with van der Waals surface area (Å²) < 4.78 is 37.9. The standard InChI is InChI=1S/C17H21N3O6S/c1-2-25-17(22)26-11-19-8-7-13-14(16(19)21)4-3-5-15(13)27(23,24)20-9-6-12(18)10-20/h3-5,7-8,12H,2,6,9-11,18H2,1H3. The summed E-state index contributed by atoms with van der Waals surface area (Å²) >= 11 is 0. The SMILES string of the molecule is CCOC(=O)OCn1ccc2c(S(=O)(=O)N3CCC(N)C3)cccc2c1=O. The first kappa shape index (κ1) is 19.3. The van der Waals surface area contributed by atoms with Crippen molar-refractivity contribution in [1.82, 2.24) is 8.87 Å². The summed E-state index contributed by atoms with van der Waals surface area (Å²) in [4.78, 5) is 24.0. The molecular formula is C17H21N3O6S. The van der Waals surface area contributed by atoms with Crippen molar-refractivity contribution in [3.05, 3.63) is 40.8 Å². The summed E-state index contributed by atoms with van der Waals surface area (Å²) in [6.07, 6.45) is 1.10. The van der Waals surface area contributed by atoms with Crippen molar-refractivity contribution in [3.8, 4) is 0 Å². The zero-order valence-electron chi connectivity index (χ0n) is 14.8. The number of benzene rings is 1. The Kier molecular flexibility index (Phi) is 5.49. The fourth-order valence-electron chi connectivity index (χ4n) is 3.01. The minimum atomic E-state index is -3.76. The molecule has 1 unspecified atom stereocenters. The smallest absolute Gasteiger partial charge is 0.435 e. The third-order valence-electron chi connectivity index (χ3n) is 4.37. The predicted molar refractivity (Wildman–Crippen MR) is 97.7 cm³/mol. The zero-order valence-corrected chi connectivity index (χ0v) is 15.6. The van der Waals surface area contributed by atoms with Gasteiger partial charge in [0.25, 0.3) is 5.56 Å². The van der Waals surface area contributed by atoms with Gasteiger partial charge in [0, 0.05) is 36.1 Å². The first-order chi connectivity index (χ1) is 12.8. The predicted octanol–water partition coefficient (Wildman–Crippen LogP) is 0.854. The number of rotatable bonds is 5.